The van der Waals surface area contributed by atoms with E-state index in [1.807, 2.05) is 56.4 Å². The summed E-state index contributed by atoms with van der Waals surface area (Å²) in [6, 6.07) is 19.9. The van der Waals surface area contributed by atoms with E-state index in [-0.39, 0.29) is 4.90 Å². The Morgan fingerprint density at radius 3 is 2.28 bits per heavy atom. The fourth-order valence-corrected chi connectivity index (χ4v) is 5.74. The third-order valence-corrected chi connectivity index (χ3v) is 8.54. The SMILES string of the molecule is COc1nc2ccc(C(O)(c3ccc(C)cc3)c3cncn3C)cc2c(Cl)c1Cc1ccc(S(C)(=O)=O)cc1. The fourth-order valence-electron chi connectivity index (χ4n) is 4.81. The summed E-state index contributed by atoms with van der Waals surface area (Å²) in [5.74, 6) is 0.382. The molecule has 9 heteroatoms. The molecular formula is C30H28ClN3O4S. The molecule has 0 saturated heterocycles. The van der Waals surface area contributed by atoms with Gasteiger partial charge in [0.2, 0.25) is 5.88 Å². The minimum Gasteiger partial charge on any atom is -0.481 e. The number of benzene rings is 3. The summed E-state index contributed by atoms with van der Waals surface area (Å²) >= 11 is 7.01. The van der Waals surface area contributed by atoms with E-state index < -0.39 is 15.4 Å². The van der Waals surface area contributed by atoms with Crippen molar-refractivity contribution < 1.29 is 18.3 Å². The van der Waals surface area contributed by atoms with Gasteiger partial charge in [-0.1, -0.05) is 59.6 Å². The van der Waals surface area contributed by atoms with Gasteiger partial charge in [0.05, 0.1) is 40.8 Å². The van der Waals surface area contributed by atoms with E-state index >= 15 is 0 Å². The third-order valence-electron chi connectivity index (χ3n) is 6.98. The van der Waals surface area contributed by atoms with Crippen LogP contribution in [0.1, 0.15) is 33.5 Å². The monoisotopic (exact) mass is 561 g/mol. The third kappa shape index (κ3) is 4.91. The first-order valence-electron chi connectivity index (χ1n) is 12.2. The maximum Gasteiger partial charge on any atom is 0.218 e. The number of halogens is 1. The molecule has 5 rings (SSSR count). The van der Waals surface area contributed by atoms with Gasteiger partial charge in [0.25, 0.3) is 0 Å². The van der Waals surface area contributed by atoms with Gasteiger partial charge in [-0.2, -0.15) is 0 Å². The molecule has 1 N–H and O–H groups in total. The number of pyridine rings is 1. The molecule has 0 bridgehead atoms. The Hall–Kier alpha value is -3.72. The maximum absolute atomic E-state index is 12.3. The lowest BCUT2D eigenvalue weighted by Crippen LogP contribution is -2.31. The van der Waals surface area contributed by atoms with Crippen LogP contribution in [0.3, 0.4) is 0 Å². The van der Waals surface area contributed by atoms with E-state index in [1.165, 1.54) is 13.4 Å². The van der Waals surface area contributed by atoms with Gasteiger partial charge < -0.3 is 14.4 Å². The zero-order chi connectivity index (χ0) is 27.9. The van der Waals surface area contributed by atoms with Gasteiger partial charge in [0.15, 0.2) is 15.4 Å². The number of hydrogen-bond acceptors (Lipinski definition) is 6. The molecule has 0 radical (unpaired) electrons. The molecule has 5 aromatic rings. The highest BCUT2D eigenvalue weighted by atomic mass is 35.5. The molecule has 3 aromatic carbocycles. The summed E-state index contributed by atoms with van der Waals surface area (Å²) in [7, 11) is 0.0766. The Balaban J connectivity index is 1.66. The van der Waals surface area contributed by atoms with Gasteiger partial charge in [0.1, 0.15) is 0 Å². The van der Waals surface area contributed by atoms with Gasteiger partial charge in [-0.15, -0.1) is 0 Å². The van der Waals surface area contributed by atoms with Crippen LogP contribution in [0.4, 0.5) is 0 Å². The highest BCUT2D eigenvalue weighted by molar-refractivity contribution is 7.90. The van der Waals surface area contributed by atoms with E-state index in [4.69, 9.17) is 21.3 Å². The molecular weight excluding hydrogens is 534 g/mol. The van der Waals surface area contributed by atoms with Crippen LogP contribution in [0, 0.1) is 6.92 Å². The normalized spacial score (nSPS) is 13.4. The predicted molar refractivity (Wildman–Crippen MR) is 152 cm³/mol. The molecule has 0 aliphatic carbocycles. The number of rotatable bonds is 7. The van der Waals surface area contributed by atoms with Crippen LogP contribution < -0.4 is 4.74 Å². The lowest BCUT2D eigenvalue weighted by molar-refractivity contribution is 0.117. The molecule has 2 heterocycles. The molecule has 0 saturated carbocycles. The number of methoxy groups -OCH3 is 1. The molecule has 0 aliphatic heterocycles. The average Bonchev–Trinajstić information content (AvgIpc) is 3.36. The van der Waals surface area contributed by atoms with Crippen molar-refractivity contribution in [2.24, 2.45) is 7.05 Å². The highest BCUT2D eigenvalue weighted by Crippen LogP contribution is 2.40. The second kappa shape index (κ2) is 10.1. The van der Waals surface area contributed by atoms with Gasteiger partial charge in [0, 0.05) is 30.7 Å². The van der Waals surface area contributed by atoms with Gasteiger partial charge in [-0.05, 0) is 47.9 Å². The number of aliphatic hydroxyl groups is 1. The summed E-state index contributed by atoms with van der Waals surface area (Å²) in [5, 5.41) is 13.4. The summed E-state index contributed by atoms with van der Waals surface area (Å²) in [6.45, 7) is 2.00. The lowest BCUT2D eigenvalue weighted by atomic mass is 9.82. The van der Waals surface area contributed by atoms with Crippen molar-refractivity contribution in [3.8, 4) is 5.88 Å². The molecule has 0 amide bonds. The van der Waals surface area contributed by atoms with E-state index in [9.17, 15) is 13.5 Å². The van der Waals surface area contributed by atoms with Crippen LogP contribution in [0.2, 0.25) is 5.02 Å². The van der Waals surface area contributed by atoms with Gasteiger partial charge in [-0.25, -0.2) is 18.4 Å². The summed E-state index contributed by atoms with van der Waals surface area (Å²) in [5.41, 5.74) is 3.62. The predicted octanol–water partition coefficient (Wildman–Crippen LogP) is 5.22. The molecule has 0 fully saturated rings. The molecule has 7 nitrogen and oxygen atoms in total. The van der Waals surface area contributed by atoms with Crippen LogP contribution in [-0.4, -0.2) is 41.4 Å². The molecule has 1 unspecified atom stereocenters. The zero-order valence-electron chi connectivity index (χ0n) is 22.0. The second-order valence-corrected chi connectivity index (χ2v) is 12.1. The largest absolute Gasteiger partial charge is 0.481 e. The van der Waals surface area contributed by atoms with Crippen molar-refractivity contribution in [1.82, 2.24) is 14.5 Å². The summed E-state index contributed by atoms with van der Waals surface area (Å²) in [6.07, 6.45) is 4.87. The van der Waals surface area contributed by atoms with Gasteiger partial charge in [-0.3, -0.25) is 0 Å². The standard InChI is InChI=1S/C30H28ClN3O4S/c1-19-5-9-21(10-6-19)30(35,27-17-32-18-34(27)2)22-11-14-26-24(16-22)28(31)25(29(33-26)38-3)15-20-7-12-23(13-8-20)39(4,36)37/h5-14,16-18,35H,15H2,1-4H3. The minimum absolute atomic E-state index is 0.246. The summed E-state index contributed by atoms with van der Waals surface area (Å²) in [4.78, 5) is 9.19. The first-order chi connectivity index (χ1) is 18.5. The quantitative estimate of drug-likeness (QED) is 0.293. The van der Waals surface area contributed by atoms with Crippen LogP contribution >= 0.6 is 11.6 Å². The van der Waals surface area contributed by atoms with Crippen molar-refractivity contribution in [1.29, 1.82) is 0 Å². The molecule has 1 atom stereocenters. The van der Waals surface area contributed by atoms with Crippen LogP contribution in [0.5, 0.6) is 5.88 Å². The Labute approximate surface area is 232 Å². The highest BCUT2D eigenvalue weighted by Gasteiger charge is 2.37. The Bertz CT molecular complexity index is 1780. The van der Waals surface area contributed by atoms with Crippen molar-refractivity contribution >= 4 is 32.3 Å². The Kier molecular flexibility index (Phi) is 6.97. The average molecular weight is 562 g/mol. The number of fused-ring (bicyclic) bond motifs is 1. The second-order valence-electron chi connectivity index (χ2n) is 9.70. The molecule has 39 heavy (non-hydrogen) atoms. The van der Waals surface area contributed by atoms with Crippen molar-refractivity contribution in [3.05, 3.63) is 118 Å². The number of ether oxygens (including phenoxy) is 1. The fraction of sp³-hybridized carbons (Fsp3) is 0.200. The van der Waals surface area contributed by atoms with E-state index in [1.54, 1.807) is 41.4 Å². The molecule has 0 aliphatic rings. The smallest absolute Gasteiger partial charge is 0.218 e. The Morgan fingerprint density at radius 1 is 1.03 bits per heavy atom. The van der Waals surface area contributed by atoms with Crippen LogP contribution in [0.15, 0.2) is 84.1 Å². The number of aryl methyl sites for hydroxylation is 2. The van der Waals surface area contributed by atoms with Gasteiger partial charge >= 0.3 is 0 Å². The topological polar surface area (TPSA) is 94.3 Å². The first-order valence-corrected chi connectivity index (χ1v) is 14.5. The maximum atomic E-state index is 12.3. The Morgan fingerprint density at radius 2 is 1.69 bits per heavy atom. The first kappa shape index (κ1) is 26.9. The van der Waals surface area contributed by atoms with Crippen LogP contribution in [-0.2, 0) is 28.9 Å². The van der Waals surface area contributed by atoms with Crippen molar-refractivity contribution in [3.63, 3.8) is 0 Å². The van der Waals surface area contributed by atoms with E-state index in [2.05, 4.69) is 4.98 Å². The number of imidazole rings is 1. The van der Waals surface area contributed by atoms with Crippen LogP contribution in [0.25, 0.3) is 10.9 Å². The number of hydrogen-bond donors (Lipinski definition) is 1. The number of sulfone groups is 1. The minimum atomic E-state index is -3.30. The van der Waals surface area contributed by atoms with Crippen molar-refractivity contribution in [2.75, 3.05) is 13.4 Å². The number of aromatic nitrogens is 3. The molecule has 2 aromatic heterocycles. The van der Waals surface area contributed by atoms with E-state index in [0.717, 1.165) is 11.1 Å². The number of nitrogens with zero attached hydrogens (tertiary/aromatic N) is 3. The molecule has 0 spiro atoms. The molecule has 200 valence electrons. The zero-order valence-corrected chi connectivity index (χ0v) is 23.6. The van der Waals surface area contributed by atoms with Crippen molar-refractivity contribution in [2.45, 2.75) is 23.8 Å². The van der Waals surface area contributed by atoms with E-state index in [0.29, 0.717) is 50.6 Å². The lowest BCUT2D eigenvalue weighted by Gasteiger charge is -2.30. The summed E-state index contributed by atoms with van der Waals surface area (Å²) < 4.78 is 31.1.